The largest absolute Gasteiger partial charge is 0.394 e. The number of carbonyl (C=O) groups excluding carboxylic acids is 1. The maximum atomic E-state index is 11.2. The van der Waals surface area contributed by atoms with Gasteiger partial charge in [-0.3, -0.25) is 4.79 Å². The van der Waals surface area contributed by atoms with Gasteiger partial charge in [0.1, 0.15) is 0 Å². The fourth-order valence-corrected chi connectivity index (χ4v) is 1.84. The first-order chi connectivity index (χ1) is 6.72. The lowest BCUT2D eigenvalue weighted by molar-refractivity contribution is -0.120. The Balaban J connectivity index is 1.89. The smallest absolute Gasteiger partial charge is 0.221 e. The van der Waals surface area contributed by atoms with Crippen LogP contribution in [0.4, 0.5) is 0 Å². The molecule has 0 aromatic rings. The number of aliphatic hydroxyl groups is 2. The lowest BCUT2D eigenvalue weighted by Gasteiger charge is -2.06. The van der Waals surface area contributed by atoms with Crippen LogP contribution in [0, 0.1) is 0 Å². The average Bonchev–Trinajstić information content (AvgIpc) is 2.95. The maximum absolute atomic E-state index is 11.2. The van der Waals surface area contributed by atoms with Gasteiger partial charge in [-0.25, -0.2) is 0 Å². The molecule has 14 heavy (non-hydrogen) atoms. The van der Waals surface area contributed by atoms with Gasteiger partial charge in [0, 0.05) is 24.0 Å². The van der Waals surface area contributed by atoms with E-state index in [2.05, 4.69) is 5.32 Å². The molecule has 4 nitrogen and oxygen atoms in total. The van der Waals surface area contributed by atoms with E-state index in [0.717, 1.165) is 12.8 Å². The third-order valence-electron chi connectivity index (χ3n) is 1.94. The Kier molecular flexibility index (Phi) is 5.29. The van der Waals surface area contributed by atoms with E-state index in [1.165, 1.54) is 11.8 Å². The Hall–Kier alpha value is -0.260. The molecule has 1 fully saturated rings. The molecule has 0 aromatic carbocycles. The molecule has 0 spiro atoms. The van der Waals surface area contributed by atoms with Gasteiger partial charge in [-0.15, -0.1) is 0 Å². The Morgan fingerprint density at radius 3 is 2.86 bits per heavy atom. The van der Waals surface area contributed by atoms with Crippen LogP contribution < -0.4 is 5.32 Å². The van der Waals surface area contributed by atoms with Crippen LogP contribution in [-0.4, -0.2) is 46.4 Å². The summed E-state index contributed by atoms with van der Waals surface area (Å²) in [6, 6.07) is 0.426. The molecule has 5 heteroatoms. The van der Waals surface area contributed by atoms with Gasteiger partial charge in [-0.05, 0) is 12.8 Å². The van der Waals surface area contributed by atoms with E-state index in [1.54, 1.807) is 0 Å². The summed E-state index contributed by atoms with van der Waals surface area (Å²) in [5.41, 5.74) is 0. The number of rotatable bonds is 7. The Bertz CT molecular complexity index is 185. The standard InChI is InChI=1S/C9H17NO3S/c11-5-8(12)6-14-4-3-9(13)10-7-1-2-7/h7-8,11-12H,1-6H2,(H,10,13). The number of thioether (sulfide) groups is 1. The van der Waals surface area contributed by atoms with E-state index in [-0.39, 0.29) is 12.5 Å². The maximum Gasteiger partial charge on any atom is 0.221 e. The Morgan fingerprint density at radius 2 is 2.29 bits per heavy atom. The van der Waals surface area contributed by atoms with Crippen molar-refractivity contribution in [1.82, 2.24) is 5.32 Å². The van der Waals surface area contributed by atoms with Crippen molar-refractivity contribution in [1.29, 1.82) is 0 Å². The van der Waals surface area contributed by atoms with Crippen LogP contribution in [0.3, 0.4) is 0 Å². The van der Waals surface area contributed by atoms with Crippen molar-refractivity contribution < 1.29 is 15.0 Å². The fraction of sp³-hybridized carbons (Fsp3) is 0.889. The SMILES string of the molecule is O=C(CCSCC(O)CO)NC1CC1. The molecule has 1 unspecified atom stereocenters. The van der Waals surface area contributed by atoms with Gasteiger partial charge >= 0.3 is 0 Å². The highest BCUT2D eigenvalue weighted by Crippen LogP contribution is 2.18. The summed E-state index contributed by atoms with van der Waals surface area (Å²) in [5.74, 6) is 1.29. The summed E-state index contributed by atoms with van der Waals surface area (Å²) in [4.78, 5) is 11.2. The van der Waals surface area contributed by atoms with E-state index in [9.17, 15) is 4.79 Å². The third kappa shape index (κ3) is 5.47. The summed E-state index contributed by atoms with van der Waals surface area (Å²) < 4.78 is 0. The van der Waals surface area contributed by atoms with Crippen LogP contribution in [0.1, 0.15) is 19.3 Å². The third-order valence-corrected chi connectivity index (χ3v) is 3.05. The molecule has 1 atom stereocenters. The zero-order valence-corrected chi connectivity index (χ0v) is 8.92. The molecule has 0 aromatic heterocycles. The highest BCUT2D eigenvalue weighted by atomic mass is 32.2. The summed E-state index contributed by atoms with van der Waals surface area (Å²) in [6.07, 6.45) is 2.07. The second kappa shape index (κ2) is 6.27. The monoisotopic (exact) mass is 219 g/mol. The van der Waals surface area contributed by atoms with Crippen LogP contribution in [0.15, 0.2) is 0 Å². The number of amides is 1. The first kappa shape index (κ1) is 11.8. The van der Waals surface area contributed by atoms with Crippen molar-refractivity contribution in [2.75, 3.05) is 18.1 Å². The molecule has 1 saturated carbocycles. The molecular formula is C9H17NO3S. The molecule has 1 aliphatic rings. The molecule has 0 saturated heterocycles. The van der Waals surface area contributed by atoms with Crippen LogP contribution in [0.2, 0.25) is 0 Å². The minimum absolute atomic E-state index is 0.0958. The zero-order valence-electron chi connectivity index (χ0n) is 8.11. The minimum atomic E-state index is -0.661. The van der Waals surface area contributed by atoms with Crippen molar-refractivity contribution in [2.45, 2.75) is 31.4 Å². The van der Waals surface area contributed by atoms with Gasteiger partial charge in [0.05, 0.1) is 12.7 Å². The molecule has 1 rings (SSSR count). The second-order valence-corrected chi connectivity index (χ2v) is 4.65. The van der Waals surface area contributed by atoms with Gasteiger partial charge in [-0.1, -0.05) is 0 Å². The highest BCUT2D eigenvalue weighted by Gasteiger charge is 2.22. The Morgan fingerprint density at radius 1 is 1.57 bits per heavy atom. The van der Waals surface area contributed by atoms with Gasteiger partial charge in [0.25, 0.3) is 0 Å². The number of nitrogens with one attached hydrogen (secondary N) is 1. The van der Waals surface area contributed by atoms with E-state index in [0.29, 0.717) is 24.0 Å². The summed E-state index contributed by atoms with van der Waals surface area (Å²) >= 11 is 1.49. The Labute approximate surface area is 88.1 Å². The van der Waals surface area contributed by atoms with E-state index < -0.39 is 6.10 Å². The number of carbonyl (C=O) groups is 1. The zero-order chi connectivity index (χ0) is 10.4. The van der Waals surface area contributed by atoms with Crippen molar-refractivity contribution in [3.05, 3.63) is 0 Å². The lowest BCUT2D eigenvalue weighted by Crippen LogP contribution is -2.25. The van der Waals surface area contributed by atoms with Crippen molar-refractivity contribution in [2.24, 2.45) is 0 Å². The minimum Gasteiger partial charge on any atom is -0.394 e. The van der Waals surface area contributed by atoms with E-state index >= 15 is 0 Å². The second-order valence-electron chi connectivity index (χ2n) is 3.50. The molecule has 0 bridgehead atoms. The summed E-state index contributed by atoms with van der Waals surface area (Å²) in [6.45, 7) is -0.207. The topological polar surface area (TPSA) is 69.6 Å². The van der Waals surface area contributed by atoms with Crippen LogP contribution in [-0.2, 0) is 4.79 Å². The highest BCUT2D eigenvalue weighted by molar-refractivity contribution is 7.99. The molecule has 1 aliphatic carbocycles. The normalized spacial score (nSPS) is 17.9. The molecule has 82 valence electrons. The van der Waals surface area contributed by atoms with Gasteiger partial charge in [-0.2, -0.15) is 11.8 Å². The molecule has 3 N–H and O–H groups in total. The van der Waals surface area contributed by atoms with Crippen LogP contribution in [0.5, 0.6) is 0 Å². The quantitative estimate of drug-likeness (QED) is 0.516. The van der Waals surface area contributed by atoms with Crippen molar-refractivity contribution in [3.63, 3.8) is 0 Å². The van der Waals surface area contributed by atoms with Crippen LogP contribution >= 0.6 is 11.8 Å². The lowest BCUT2D eigenvalue weighted by atomic mass is 10.4. The molecule has 1 amide bonds. The van der Waals surface area contributed by atoms with Crippen molar-refractivity contribution >= 4 is 17.7 Å². The van der Waals surface area contributed by atoms with Gasteiger partial charge in [0.2, 0.25) is 5.91 Å². The van der Waals surface area contributed by atoms with E-state index in [1.807, 2.05) is 0 Å². The van der Waals surface area contributed by atoms with Crippen LogP contribution in [0.25, 0.3) is 0 Å². The predicted molar refractivity (Wildman–Crippen MR) is 56.2 cm³/mol. The molecule has 0 radical (unpaired) electrons. The number of hydrogen-bond acceptors (Lipinski definition) is 4. The van der Waals surface area contributed by atoms with E-state index in [4.69, 9.17) is 10.2 Å². The molecule has 0 aliphatic heterocycles. The first-order valence-electron chi connectivity index (χ1n) is 4.88. The fourth-order valence-electron chi connectivity index (χ4n) is 0.964. The van der Waals surface area contributed by atoms with Crippen molar-refractivity contribution in [3.8, 4) is 0 Å². The predicted octanol–water partition coefficient (Wildman–Crippen LogP) is -0.259. The summed E-state index contributed by atoms with van der Waals surface area (Å²) in [7, 11) is 0. The summed E-state index contributed by atoms with van der Waals surface area (Å²) in [5, 5.41) is 20.4. The first-order valence-corrected chi connectivity index (χ1v) is 6.04. The number of hydrogen-bond donors (Lipinski definition) is 3. The van der Waals surface area contributed by atoms with Gasteiger partial charge < -0.3 is 15.5 Å². The number of aliphatic hydroxyl groups excluding tert-OH is 2. The average molecular weight is 219 g/mol. The molecule has 0 heterocycles. The molecular weight excluding hydrogens is 202 g/mol. The van der Waals surface area contributed by atoms with Gasteiger partial charge in [0.15, 0.2) is 0 Å².